The van der Waals surface area contributed by atoms with Gasteiger partial charge >= 0.3 is 0 Å². The van der Waals surface area contributed by atoms with Crippen LogP contribution in [-0.4, -0.2) is 42.5 Å². The topological polar surface area (TPSA) is 96.4 Å². The van der Waals surface area contributed by atoms with Crippen molar-refractivity contribution in [3.05, 3.63) is 101 Å². The van der Waals surface area contributed by atoms with Gasteiger partial charge in [0.15, 0.2) is 5.78 Å². The van der Waals surface area contributed by atoms with Gasteiger partial charge in [-0.2, -0.15) is 4.31 Å². The predicted molar refractivity (Wildman–Crippen MR) is 131 cm³/mol. The van der Waals surface area contributed by atoms with Crippen molar-refractivity contribution in [2.75, 3.05) is 18.4 Å². The second-order valence-electron chi connectivity index (χ2n) is 7.95. The number of anilines is 1. The quantitative estimate of drug-likeness (QED) is 0.546. The summed E-state index contributed by atoms with van der Waals surface area (Å²) in [6, 6.07) is 15.2. The third kappa shape index (κ3) is 5.59. The van der Waals surface area contributed by atoms with Crippen molar-refractivity contribution in [3.8, 4) is 0 Å². The highest BCUT2D eigenvalue weighted by molar-refractivity contribution is 7.89. The van der Waals surface area contributed by atoms with Crippen molar-refractivity contribution in [3.63, 3.8) is 0 Å². The number of halogens is 1. The number of rotatable bonds is 5. The van der Waals surface area contributed by atoms with Gasteiger partial charge in [-0.15, -0.1) is 0 Å². The molecule has 0 radical (unpaired) electrons. The highest BCUT2D eigenvalue weighted by Gasteiger charge is 2.34. The number of nitrogens with one attached hydrogen (secondary N) is 1. The number of piperidine rings is 1. The molecule has 7 nitrogen and oxygen atoms in total. The Bertz CT molecular complexity index is 1430. The minimum Gasteiger partial charge on any atom is -0.326 e. The molecular weight excluding hydrogens is 469 g/mol. The lowest BCUT2D eigenvalue weighted by atomic mass is 9.96. The Hall–Kier alpha value is -3.95. The Morgan fingerprint density at radius 1 is 1.00 bits per heavy atom. The number of ketones is 1. The molecular formula is C26H22FN3O4S. The molecule has 0 unspecified atom stereocenters. The van der Waals surface area contributed by atoms with E-state index in [4.69, 9.17) is 0 Å². The van der Waals surface area contributed by atoms with E-state index in [-0.39, 0.29) is 46.4 Å². The summed E-state index contributed by atoms with van der Waals surface area (Å²) in [4.78, 5) is 28.6. The summed E-state index contributed by atoms with van der Waals surface area (Å²) in [6.07, 6.45) is 6.13. The fraction of sp³-hybridized carbons (Fsp3) is 0.115. The fourth-order valence-electron chi connectivity index (χ4n) is 3.68. The molecule has 1 saturated heterocycles. The number of Topliss-reactive ketones (excluding diaryl/α,β-unsaturated/α-hetero) is 1. The van der Waals surface area contributed by atoms with Crippen LogP contribution in [0.25, 0.3) is 12.2 Å². The fourth-order valence-corrected chi connectivity index (χ4v) is 5.08. The molecule has 0 spiro atoms. The van der Waals surface area contributed by atoms with Crippen LogP contribution in [0.5, 0.6) is 0 Å². The molecule has 0 aliphatic carbocycles. The van der Waals surface area contributed by atoms with Gasteiger partial charge in [0.25, 0.3) is 0 Å². The Labute approximate surface area is 202 Å². The first kappa shape index (κ1) is 24.2. The normalized spacial score (nSPS) is 17.0. The molecule has 1 fully saturated rings. The minimum atomic E-state index is -4.01. The highest BCUT2D eigenvalue weighted by atomic mass is 32.2. The zero-order chi connectivity index (χ0) is 25.0. The van der Waals surface area contributed by atoms with Gasteiger partial charge in [-0.05, 0) is 54.1 Å². The second-order valence-corrected chi connectivity index (χ2v) is 9.89. The van der Waals surface area contributed by atoms with Crippen molar-refractivity contribution in [2.45, 2.75) is 11.8 Å². The molecule has 1 aliphatic heterocycles. The Morgan fingerprint density at radius 2 is 1.69 bits per heavy atom. The maximum absolute atomic E-state index is 14.3. The molecule has 4 rings (SSSR count). The number of carbonyl (C=O) groups is 2. The molecule has 0 saturated carbocycles. The molecule has 0 atom stereocenters. The van der Waals surface area contributed by atoms with Crippen LogP contribution in [0.2, 0.25) is 0 Å². The van der Waals surface area contributed by atoms with Gasteiger partial charge in [-0.25, -0.2) is 12.8 Å². The molecule has 1 amide bonds. The van der Waals surface area contributed by atoms with E-state index in [1.807, 2.05) is 0 Å². The van der Waals surface area contributed by atoms with Gasteiger partial charge in [0, 0.05) is 54.8 Å². The third-order valence-electron chi connectivity index (χ3n) is 5.35. The van der Waals surface area contributed by atoms with Crippen molar-refractivity contribution in [1.82, 2.24) is 9.29 Å². The number of benzene rings is 2. The van der Waals surface area contributed by atoms with Crippen molar-refractivity contribution in [1.29, 1.82) is 0 Å². The smallest absolute Gasteiger partial charge is 0.243 e. The molecule has 1 N–H and O–H groups in total. The SMILES string of the molecule is CC(=O)Nc1ccc(S(=O)(=O)N2C/C(=C\c3cccnc3)C(=O)/C(=C/c3ccccc3F)C2)cc1. The summed E-state index contributed by atoms with van der Waals surface area (Å²) in [5.41, 5.74) is 1.68. The average molecular weight is 492 g/mol. The maximum atomic E-state index is 14.3. The predicted octanol–water partition coefficient (Wildman–Crippen LogP) is 3.92. The van der Waals surface area contributed by atoms with Crippen LogP contribution in [0.3, 0.4) is 0 Å². The summed E-state index contributed by atoms with van der Waals surface area (Å²) < 4.78 is 42.4. The number of hydrogen-bond donors (Lipinski definition) is 1. The molecule has 2 aromatic carbocycles. The molecule has 1 aromatic heterocycles. The monoisotopic (exact) mass is 491 g/mol. The Morgan fingerprint density at radius 3 is 2.31 bits per heavy atom. The first-order valence-electron chi connectivity index (χ1n) is 10.7. The summed E-state index contributed by atoms with van der Waals surface area (Å²) in [5, 5.41) is 2.59. The maximum Gasteiger partial charge on any atom is 0.243 e. The van der Waals surface area contributed by atoms with E-state index >= 15 is 0 Å². The number of hydrogen-bond acceptors (Lipinski definition) is 5. The number of nitrogens with zero attached hydrogens (tertiary/aromatic N) is 2. The van der Waals surface area contributed by atoms with Crippen molar-refractivity contribution in [2.24, 2.45) is 0 Å². The molecule has 178 valence electrons. The lowest BCUT2D eigenvalue weighted by Gasteiger charge is -2.29. The number of aromatic nitrogens is 1. The van der Waals surface area contributed by atoms with E-state index in [0.717, 1.165) is 0 Å². The van der Waals surface area contributed by atoms with Crippen molar-refractivity contribution >= 4 is 39.6 Å². The van der Waals surface area contributed by atoms with E-state index in [9.17, 15) is 22.4 Å². The van der Waals surface area contributed by atoms with Gasteiger partial charge in [0.2, 0.25) is 15.9 Å². The van der Waals surface area contributed by atoms with Crippen LogP contribution in [-0.2, 0) is 19.6 Å². The number of sulfonamides is 1. The first-order chi connectivity index (χ1) is 16.7. The first-order valence-corrected chi connectivity index (χ1v) is 12.2. The third-order valence-corrected chi connectivity index (χ3v) is 7.16. The van der Waals surface area contributed by atoms with Crippen LogP contribution in [0.4, 0.5) is 10.1 Å². The average Bonchev–Trinajstić information content (AvgIpc) is 2.83. The zero-order valence-electron chi connectivity index (χ0n) is 18.8. The summed E-state index contributed by atoms with van der Waals surface area (Å²) in [6.45, 7) is 0.987. The van der Waals surface area contributed by atoms with Crippen LogP contribution >= 0.6 is 0 Å². The lowest BCUT2D eigenvalue weighted by Crippen LogP contribution is -2.41. The van der Waals surface area contributed by atoms with E-state index in [1.54, 1.807) is 36.7 Å². The highest BCUT2D eigenvalue weighted by Crippen LogP contribution is 2.28. The van der Waals surface area contributed by atoms with Gasteiger partial charge in [-0.3, -0.25) is 14.6 Å². The molecule has 0 bridgehead atoms. The number of pyridine rings is 1. The van der Waals surface area contributed by atoms with Crippen LogP contribution in [0.15, 0.2) is 89.1 Å². The Kier molecular flexibility index (Phi) is 6.99. The number of carbonyl (C=O) groups excluding carboxylic acids is 2. The summed E-state index contributed by atoms with van der Waals surface area (Å²) in [7, 11) is -4.01. The lowest BCUT2D eigenvalue weighted by molar-refractivity contribution is -0.114. The molecule has 1 aliphatic rings. The van der Waals surface area contributed by atoms with Gasteiger partial charge in [0.1, 0.15) is 5.82 Å². The van der Waals surface area contributed by atoms with Crippen LogP contribution in [0, 0.1) is 5.82 Å². The van der Waals surface area contributed by atoms with E-state index in [0.29, 0.717) is 11.3 Å². The number of amides is 1. The Balaban J connectivity index is 1.74. The zero-order valence-corrected chi connectivity index (χ0v) is 19.6. The standard InChI is InChI=1S/C26H22FN3O4S/c1-18(31)29-23-8-10-24(11-9-23)35(33,34)30-16-21(13-19-5-4-12-28-15-19)26(32)22(17-30)14-20-6-2-3-7-25(20)27/h2-15H,16-17H2,1H3,(H,29,31)/b21-13+,22-14+. The molecule has 3 aromatic rings. The van der Waals surface area contributed by atoms with Crippen molar-refractivity contribution < 1.29 is 22.4 Å². The van der Waals surface area contributed by atoms with Gasteiger partial charge in [-0.1, -0.05) is 24.3 Å². The summed E-state index contributed by atoms with van der Waals surface area (Å²) >= 11 is 0. The van der Waals surface area contributed by atoms with Gasteiger partial charge < -0.3 is 5.32 Å². The minimum absolute atomic E-state index is 0.00641. The summed E-state index contributed by atoms with van der Waals surface area (Å²) in [5.74, 6) is -1.15. The van der Waals surface area contributed by atoms with Gasteiger partial charge in [0.05, 0.1) is 4.90 Å². The largest absolute Gasteiger partial charge is 0.326 e. The second kappa shape index (κ2) is 10.1. The molecule has 9 heteroatoms. The molecule has 35 heavy (non-hydrogen) atoms. The molecule has 2 heterocycles. The van der Waals surface area contributed by atoms with Crippen LogP contribution in [0.1, 0.15) is 18.1 Å². The van der Waals surface area contributed by atoms with E-state index in [2.05, 4.69) is 10.3 Å². The van der Waals surface area contributed by atoms with E-state index in [1.165, 1.54) is 59.8 Å². The van der Waals surface area contributed by atoms with Crippen LogP contribution < -0.4 is 5.32 Å². The van der Waals surface area contributed by atoms with E-state index < -0.39 is 15.8 Å².